The van der Waals surface area contributed by atoms with E-state index in [1.807, 2.05) is 24.3 Å². The zero-order valence-electron chi connectivity index (χ0n) is 16.1. The highest BCUT2D eigenvalue weighted by molar-refractivity contribution is 6.04. The van der Waals surface area contributed by atoms with Gasteiger partial charge in [-0.05, 0) is 35.2 Å². The van der Waals surface area contributed by atoms with Gasteiger partial charge < -0.3 is 15.1 Å². The summed E-state index contributed by atoms with van der Waals surface area (Å²) in [6, 6.07) is 11.6. The Balaban J connectivity index is 1.65. The summed E-state index contributed by atoms with van der Waals surface area (Å²) in [5, 5.41) is 2.95. The van der Waals surface area contributed by atoms with E-state index in [0.717, 1.165) is 31.0 Å². The molecule has 142 valence electrons. The van der Waals surface area contributed by atoms with E-state index in [1.165, 1.54) is 5.56 Å². The number of nitrogens with zero attached hydrogens (tertiary/aromatic N) is 3. The lowest BCUT2D eigenvalue weighted by molar-refractivity contribution is -0.118. The number of benzene rings is 1. The Bertz CT molecular complexity index is 804. The number of carbonyl (C=O) groups is 2. The van der Waals surface area contributed by atoms with Gasteiger partial charge in [0, 0.05) is 38.1 Å². The molecule has 0 aliphatic carbocycles. The molecule has 0 saturated carbocycles. The fraction of sp³-hybridized carbons (Fsp3) is 0.381. The third-order valence-corrected chi connectivity index (χ3v) is 4.78. The molecule has 2 heterocycles. The lowest BCUT2D eigenvalue weighted by Gasteiger charge is -2.33. The van der Waals surface area contributed by atoms with E-state index in [2.05, 4.69) is 42.0 Å². The molecule has 1 aromatic carbocycles. The van der Waals surface area contributed by atoms with E-state index < -0.39 is 0 Å². The molecule has 6 heteroatoms. The number of nitrogens with one attached hydrogen (secondary N) is 1. The van der Waals surface area contributed by atoms with Gasteiger partial charge in [0.05, 0.1) is 5.56 Å². The lowest BCUT2D eigenvalue weighted by Crippen LogP contribution is -2.46. The Kier molecular flexibility index (Phi) is 5.44. The number of amides is 2. The van der Waals surface area contributed by atoms with Crippen molar-refractivity contribution in [2.75, 3.05) is 36.4 Å². The Morgan fingerprint density at radius 3 is 2.44 bits per heavy atom. The van der Waals surface area contributed by atoms with E-state index in [0.29, 0.717) is 18.7 Å². The van der Waals surface area contributed by atoms with Crippen molar-refractivity contribution in [1.82, 2.24) is 9.88 Å². The molecule has 6 nitrogen and oxygen atoms in total. The van der Waals surface area contributed by atoms with Crippen LogP contribution >= 0.6 is 0 Å². The summed E-state index contributed by atoms with van der Waals surface area (Å²) in [6.45, 7) is 9.31. The molecular weight excluding hydrogens is 340 g/mol. The second-order valence-electron chi connectivity index (χ2n) is 7.82. The monoisotopic (exact) mass is 366 g/mol. The van der Waals surface area contributed by atoms with E-state index in [1.54, 1.807) is 17.2 Å². The average Bonchev–Trinajstić information content (AvgIpc) is 2.68. The predicted molar refractivity (Wildman–Crippen MR) is 107 cm³/mol. The molecule has 1 aliphatic rings. The maximum absolute atomic E-state index is 12.5. The van der Waals surface area contributed by atoms with Gasteiger partial charge in [0.1, 0.15) is 5.82 Å². The van der Waals surface area contributed by atoms with Gasteiger partial charge >= 0.3 is 0 Å². The van der Waals surface area contributed by atoms with Crippen LogP contribution in [0.5, 0.6) is 0 Å². The van der Waals surface area contributed by atoms with Crippen molar-refractivity contribution in [2.24, 2.45) is 0 Å². The van der Waals surface area contributed by atoms with Crippen LogP contribution in [0.25, 0.3) is 0 Å². The Morgan fingerprint density at radius 2 is 1.85 bits per heavy atom. The predicted octanol–water partition coefficient (Wildman–Crippen LogP) is 2.91. The second kappa shape index (κ2) is 7.78. The van der Waals surface area contributed by atoms with E-state index in [4.69, 9.17) is 0 Å². The number of aromatic nitrogens is 1. The molecule has 1 fully saturated rings. The summed E-state index contributed by atoms with van der Waals surface area (Å²) in [7, 11) is 0. The fourth-order valence-electron chi connectivity index (χ4n) is 3.03. The third-order valence-electron chi connectivity index (χ3n) is 4.78. The Labute approximate surface area is 160 Å². The number of carbonyl (C=O) groups excluding carboxylic acids is 2. The number of piperazine rings is 1. The largest absolute Gasteiger partial charge is 0.353 e. The second-order valence-corrected chi connectivity index (χ2v) is 7.82. The highest BCUT2D eigenvalue weighted by atomic mass is 16.1. The van der Waals surface area contributed by atoms with Gasteiger partial charge in [-0.1, -0.05) is 32.9 Å². The minimum Gasteiger partial charge on any atom is -0.353 e. The van der Waals surface area contributed by atoms with Crippen molar-refractivity contribution < 1.29 is 9.59 Å². The number of hydrogen-bond donors (Lipinski definition) is 1. The molecule has 3 rings (SSSR count). The average molecular weight is 366 g/mol. The van der Waals surface area contributed by atoms with E-state index >= 15 is 0 Å². The number of pyridine rings is 1. The van der Waals surface area contributed by atoms with Gasteiger partial charge in [0.2, 0.25) is 6.41 Å². The zero-order valence-corrected chi connectivity index (χ0v) is 16.1. The normalized spacial score (nSPS) is 14.8. The minimum absolute atomic E-state index is 0.0256. The van der Waals surface area contributed by atoms with Crippen molar-refractivity contribution in [2.45, 2.75) is 26.2 Å². The summed E-state index contributed by atoms with van der Waals surface area (Å²) < 4.78 is 0. The third kappa shape index (κ3) is 4.64. The molecule has 0 atom stereocenters. The standard InChI is InChI=1S/C21H26N4O2/c1-21(2,3)17-5-4-6-18(13-17)23-20(27)16-7-8-19(22-14-16)25-11-9-24(15-26)10-12-25/h4-8,13-15H,9-12H2,1-3H3,(H,23,27). The van der Waals surface area contributed by atoms with Crippen molar-refractivity contribution >= 4 is 23.8 Å². The molecule has 0 radical (unpaired) electrons. The number of anilines is 2. The van der Waals surface area contributed by atoms with Crippen molar-refractivity contribution in [1.29, 1.82) is 0 Å². The summed E-state index contributed by atoms with van der Waals surface area (Å²) in [5.74, 6) is 0.651. The number of rotatable bonds is 4. The first kappa shape index (κ1) is 18.9. The summed E-state index contributed by atoms with van der Waals surface area (Å²) in [4.78, 5) is 31.6. The first-order chi connectivity index (χ1) is 12.9. The molecule has 1 aromatic heterocycles. The Morgan fingerprint density at radius 1 is 1.11 bits per heavy atom. The van der Waals surface area contributed by atoms with Crippen LogP contribution < -0.4 is 10.2 Å². The highest BCUT2D eigenvalue weighted by Crippen LogP contribution is 2.25. The minimum atomic E-state index is -0.175. The molecular formula is C21H26N4O2. The summed E-state index contributed by atoms with van der Waals surface area (Å²) in [6.07, 6.45) is 2.48. The van der Waals surface area contributed by atoms with Crippen LogP contribution in [0.2, 0.25) is 0 Å². The maximum Gasteiger partial charge on any atom is 0.257 e. The van der Waals surface area contributed by atoms with Crippen LogP contribution in [0.3, 0.4) is 0 Å². The van der Waals surface area contributed by atoms with Crippen molar-refractivity contribution in [3.05, 3.63) is 53.7 Å². The van der Waals surface area contributed by atoms with Crippen molar-refractivity contribution in [3.63, 3.8) is 0 Å². The first-order valence-electron chi connectivity index (χ1n) is 9.19. The fourth-order valence-corrected chi connectivity index (χ4v) is 3.03. The summed E-state index contributed by atoms with van der Waals surface area (Å²) in [5.41, 5.74) is 2.49. The van der Waals surface area contributed by atoms with Gasteiger partial charge in [-0.2, -0.15) is 0 Å². The Hall–Kier alpha value is -2.89. The SMILES string of the molecule is CC(C)(C)c1cccc(NC(=O)c2ccc(N3CCN(C=O)CC3)nc2)c1. The molecule has 0 spiro atoms. The molecule has 1 saturated heterocycles. The van der Waals surface area contributed by atoms with Crippen LogP contribution in [0.15, 0.2) is 42.6 Å². The quantitative estimate of drug-likeness (QED) is 0.845. The van der Waals surface area contributed by atoms with E-state index in [9.17, 15) is 9.59 Å². The zero-order chi connectivity index (χ0) is 19.4. The topological polar surface area (TPSA) is 65.5 Å². The molecule has 2 amide bonds. The van der Waals surface area contributed by atoms with Crippen molar-refractivity contribution in [3.8, 4) is 0 Å². The van der Waals surface area contributed by atoms with Crippen LogP contribution in [-0.4, -0.2) is 48.4 Å². The smallest absolute Gasteiger partial charge is 0.257 e. The molecule has 1 N–H and O–H groups in total. The highest BCUT2D eigenvalue weighted by Gasteiger charge is 2.18. The molecule has 0 unspecified atom stereocenters. The van der Waals surface area contributed by atoms with Crippen LogP contribution in [0.4, 0.5) is 11.5 Å². The van der Waals surface area contributed by atoms with Gasteiger partial charge in [-0.15, -0.1) is 0 Å². The lowest BCUT2D eigenvalue weighted by atomic mass is 9.87. The molecule has 2 aromatic rings. The molecule has 1 aliphatic heterocycles. The molecule has 0 bridgehead atoms. The van der Waals surface area contributed by atoms with Crippen LogP contribution in [0, 0.1) is 0 Å². The molecule has 27 heavy (non-hydrogen) atoms. The van der Waals surface area contributed by atoms with Gasteiger partial charge in [0.15, 0.2) is 0 Å². The maximum atomic E-state index is 12.5. The van der Waals surface area contributed by atoms with Gasteiger partial charge in [-0.25, -0.2) is 4.98 Å². The summed E-state index contributed by atoms with van der Waals surface area (Å²) >= 11 is 0. The van der Waals surface area contributed by atoms with Crippen LogP contribution in [-0.2, 0) is 10.2 Å². The van der Waals surface area contributed by atoms with Gasteiger partial charge in [0.25, 0.3) is 5.91 Å². The van der Waals surface area contributed by atoms with E-state index in [-0.39, 0.29) is 11.3 Å². The first-order valence-corrected chi connectivity index (χ1v) is 9.19. The number of hydrogen-bond acceptors (Lipinski definition) is 4. The van der Waals surface area contributed by atoms with Crippen LogP contribution in [0.1, 0.15) is 36.7 Å². The van der Waals surface area contributed by atoms with Gasteiger partial charge in [-0.3, -0.25) is 9.59 Å².